The van der Waals surface area contributed by atoms with E-state index in [0.29, 0.717) is 29.3 Å². The first-order chi connectivity index (χ1) is 12.8. The summed E-state index contributed by atoms with van der Waals surface area (Å²) in [6.07, 6.45) is -3.39. The van der Waals surface area contributed by atoms with E-state index in [0.717, 1.165) is 18.3 Å². The van der Waals surface area contributed by atoms with Gasteiger partial charge in [-0.15, -0.1) is 0 Å². The van der Waals surface area contributed by atoms with E-state index >= 15 is 0 Å². The van der Waals surface area contributed by atoms with E-state index in [-0.39, 0.29) is 18.3 Å². The van der Waals surface area contributed by atoms with Crippen LogP contribution in [0.5, 0.6) is 11.6 Å². The Kier molecular flexibility index (Phi) is 5.46. The van der Waals surface area contributed by atoms with Gasteiger partial charge in [-0.1, -0.05) is 11.6 Å². The second-order valence-corrected chi connectivity index (χ2v) is 6.44. The van der Waals surface area contributed by atoms with Crippen molar-refractivity contribution in [2.75, 3.05) is 20.2 Å². The molecule has 1 aliphatic rings. The second kappa shape index (κ2) is 7.64. The van der Waals surface area contributed by atoms with Gasteiger partial charge in [0.05, 0.1) is 24.8 Å². The molecule has 27 heavy (non-hydrogen) atoms. The molecule has 0 saturated carbocycles. The standard InChI is InChI=1S/C18H16ClF3N2O3/c1-26-15-3-2-12(19)9-14(15)17(25)24-7-5-13(10-24)27-16-8-11(4-6-23-16)18(20,21)22/h2-4,6,8-9,13H,5,7,10H2,1H3. The predicted octanol–water partition coefficient (Wildman–Crippen LogP) is 4.06. The topological polar surface area (TPSA) is 51.7 Å². The van der Waals surface area contributed by atoms with E-state index in [1.165, 1.54) is 13.2 Å². The SMILES string of the molecule is COc1ccc(Cl)cc1C(=O)N1CCC(Oc2cc(C(F)(F)F)ccn2)C1. The van der Waals surface area contributed by atoms with E-state index < -0.39 is 17.8 Å². The number of likely N-dealkylation sites (tertiary alicyclic amines) is 1. The number of nitrogens with zero attached hydrogens (tertiary/aromatic N) is 2. The molecule has 3 rings (SSSR count). The van der Waals surface area contributed by atoms with Crippen molar-refractivity contribution in [1.82, 2.24) is 9.88 Å². The van der Waals surface area contributed by atoms with Gasteiger partial charge >= 0.3 is 6.18 Å². The average molecular weight is 401 g/mol. The average Bonchev–Trinajstić information content (AvgIpc) is 3.09. The Morgan fingerprint density at radius 2 is 2.07 bits per heavy atom. The van der Waals surface area contributed by atoms with Gasteiger partial charge in [0.1, 0.15) is 11.9 Å². The third kappa shape index (κ3) is 4.44. The first kappa shape index (κ1) is 19.3. The molecular weight excluding hydrogens is 385 g/mol. The third-order valence-electron chi connectivity index (χ3n) is 4.17. The van der Waals surface area contributed by atoms with Crippen molar-refractivity contribution in [3.8, 4) is 11.6 Å². The van der Waals surface area contributed by atoms with Gasteiger partial charge in [0.2, 0.25) is 5.88 Å². The zero-order chi connectivity index (χ0) is 19.6. The number of ether oxygens (including phenoxy) is 2. The lowest BCUT2D eigenvalue weighted by molar-refractivity contribution is -0.137. The van der Waals surface area contributed by atoms with Gasteiger partial charge in [-0.3, -0.25) is 4.79 Å². The normalized spacial score (nSPS) is 17.1. The molecule has 2 aromatic rings. The number of aromatic nitrogens is 1. The van der Waals surface area contributed by atoms with Crippen LogP contribution in [0.4, 0.5) is 13.2 Å². The van der Waals surface area contributed by atoms with E-state index in [1.54, 1.807) is 17.0 Å². The predicted molar refractivity (Wildman–Crippen MR) is 92.2 cm³/mol. The summed E-state index contributed by atoms with van der Waals surface area (Å²) >= 11 is 5.96. The molecule has 0 bridgehead atoms. The second-order valence-electron chi connectivity index (χ2n) is 6.00. The molecule has 1 amide bonds. The van der Waals surface area contributed by atoms with Crippen molar-refractivity contribution in [1.29, 1.82) is 0 Å². The summed E-state index contributed by atoms with van der Waals surface area (Å²) in [5.74, 6) is -0.00442. The lowest BCUT2D eigenvalue weighted by Crippen LogP contribution is -2.31. The van der Waals surface area contributed by atoms with Crippen LogP contribution in [-0.2, 0) is 6.18 Å². The van der Waals surface area contributed by atoms with Crippen molar-refractivity contribution in [3.05, 3.63) is 52.7 Å². The Hall–Kier alpha value is -2.48. The number of amides is 1. The van der Waals surface area contributed by atoms with Gasteiger partial charge in [-0.05, 0) is 24.3 Å². The highest BCUT2D eigenvalue weighted by Gasteiger charge is 2.33. The molecular formula is C18H16ClF3N2O3. The summed E-state index contributed by atoms with van der Waals surface area (Å²) in [7, 11) is 1.45. The van der Waals surface area contributed by atoms with Crippen LogP contribution in [0.2, 0.25) is 5.02 Å². The van der Waals surface area contributed by atoms with Crippen LogP contribution >= 0.6 is 11.6 Å². The van der Waals surface area contributed by atoms with E-state index in [4.69, 9.17) is 21.1 Å². The quantitative estimate of drug-likeness (QED) is 0.776. The third-order valence-corrected chi connectivity index (χ3v) is 4.41. The molecule has 1 aliphatic heterocycles. The molecule has 0 aliphatic carbocycles. The Bertz CT molecular complexity index is 845. The van der Waals surface area contributed by atoms with Crippen molar-refractivity contribution in [3.63, 3.8) is 0 Å². The molecule has 1 aromatic heterocycles. The van der Waals surface area contributed by atoms with Crippen LogP contribution in [0.3, 0.4) is 0 Å². The molecule has 1 saturated heterocycles. The summed E-state index contributed by atoms with van der Waals surface area (Å²) in [6.45, 7) is 0.630. The highest BCUT2D eigenvalue weighted by atomic mass is 35.5. The van der Waals surface area contributed by atoms with Crippen LogP contribution in [-0.4, -0.2) is 42.1 Å². The summed E-state index contributed by atoms with van der Waals surface area (Å²) in [4.78, 5) is 18.1. The lowest BCUT2D eigenvalue weighted by Gasteiger charge is -2.19. The Labute approximate surface area is 158 Å². The van der Waals surface area contributed by atoms with E-state index in [9.17, 15) is 18.0 Å². The number of carbonyl (C=O) groups excluding carboxylic acids is 1. The minimum Gasteiger partial charge on any atom is -0.496 e. The number of pyridine rings is 1. The van der Waals surface area contributed by atoms with Crippen molar-refractivity contribution >= 4 is 17.5 Å². The molecule has 2 heterocycles. The number of carbonyl (C=O) groups is 1. The Balaban J connectivity index is 1.69. The highest BCUT2D eigenvalue weighted by molar-refractivity contribution is 6.31. The first-order valence-electron chi connectivity index (χ1n) is 8.10. The summed E-state index contributed by atoms with van der Waals surface area (Å²) < 4.78 is 49.1. The molecule has 1 fully saturated rings. The molecule has 1 unspecified atom stereocenters. The van der Waals surface area contributed by atoms with Gasteiger partial charge < -0.3 is 14.4 Å². The fraction of sp³-hybridized carbons (Fsp3) is 0.333. The fourth-order valence-corrected chi connectivity index (χ4v) is 3.02. The number of halogens is 4. The van der Waals surface area contributed by atoms with Crippen LogP contribution < -0.4 is 9.47 Å². The number of benzene rings is 1. The van der Waals surface area contributed by atoms with Crippen molar-refractivity contribution in [2.24, 2.45) is 0 Å². The van der Waals surface area contributed by atoms with Gasteiger partial charge in [0.15, 0.2) is 0 Å². The largest absolute Gasteiger partial charge is 0.496 e. The molecule has 144 valence electrons. The molecule has 0 spiro atoms. The van der Waals surface area contributed by atoms with E-state index in [1.807, 2.05) is 0 Å². The van der Waals surface area contributed by atoms with Crippen LogP contribution in [0.1, 0.15) is 22.3 Å². The zero-order valence-corrected chi connectivity index (χ0v) is 15.0. The molecule has 0 radical (unpaired) electrons. The van der Waals surface area contributed by atoms with E-state index in [2.05, 4.69) is 4.98 Å². The minimum absolute atomic E-state index is 0.121. The molecule has 1 aromatic carbocycles. The number of hydrogen-bond donors (Lipinski definition) is 0. The van der Waals surface area contributed by atoms with Gasteiger partial charge in [0.25, 0.3) is 5.91 Å². The van der Waals surface area contributed by atoms with Crippen LogP contribution in [0, 0.1) is 0 Å². The maximum atomic E-state index is 12.8. The van der Waals surface area contributed by atoms with Crippen LogP contribution in [0.25, 0.3) is 0 Å². The minimum atomic E-state index is -4.47. The molecule has 1 atom stereocenters. The summed E-state index contributed by atoms with van der Waals surface area (Å²) in [6, 6.07) is 6.47. The van der Waals surface area contributed by atoms with Crippen LogP contribution in [0.15, 0.2) is 36.5 Å². The van der Waals surface area contributed by atoms with Crippen molar-refractivity contribution < 1.29 is 27.4 Å². The summed E-state index contributed by atoms with van der Waals surface area (Å²) in [5, 5.41) is 0.402. The van der Waals surface area contributed by atoms with Crippen molar-refractivity contribution in [2.45, 2.75) is 18.7 Å². The fourth-order valence-electron chi connectivity index (χ4n) is 2.85. The van der Waals surface area contributed by atoms with Gasteiger partial charge in [0, 0.05) is 30.3 Å². The first-order valence-corrected chi connectivity index (χ1v) is 8.48. The number of hydrogen-bond acceptors (Lipinski definition) is 4. The number of rotatable bonds is 4. The maximum Gasteiger partial charge on any atom is 0.416 e. The number of alkyl halides is 3. The number of methoxy groups -OCH3 is 1. The Morgan fingerprint density at radius 1 is 1.30 bits per heavy atom. The van der Waals surface area contributed by atoms with Gasteiger partial charge in [-0.25, -0.2) is 4.98 Å². The zero-order valence-electron chi connectivity index (χ0n) is 14.3. The maximum absolute atomic E-state index is 12.8. The molecule has 5 nitrogen and oxygen atoms in total. The smallest absolute Gasteiger partial charge is 0.416 e. The van der Waals surface area contributed by atoms with Gasteiger partial charge in [-0.2, -0.15) is 13.2 Å². The monoisotopic (exact) mass is 400 g/mol. The Morgan fingerprint density at radius 3 is 2.78 bits per heavy atom. The lowest BCUT2D eigenvalue weighted by atomic mass is 10.1. The summed E-state index contributed by atoms with van der Waals surface area (Å²) in [5.41, 5.74) is -0.509. The molecule has 0 N–H and O–H groups in total. The molecule has 9 heteroatoms. The highest BCUT2D eigenvalue weighted by Crippen LogP contribution is 2.31.